The molecule has 3 aromatic rings. The van der Waals surface area contributed by atoms with Crippen molar-refractivity contribution in [1.82, 2.24) is 0 Å². The van der Waals surface area contributed by atoms with Gasteiger partial charge in [-0.15, -0.1) is 0 Å². The monoisotopic (exact) mass is 222 g/mol. The summed E-state index contributed by atoms with van der Waals surface area (Å²) in [5.41, 5.74) is 3.53. The summed E-state index contributed by atoms with van der Waals surface area (Å²) >= 11 is 0. The van der Waals surface area contributed by atoms with Gasteiger partial charge in [-0.25, -0.2) is 0 Å². The van der Waals surface area contributed by atoms with Crippen LogP contribution in [0.3, 0.4) is 0 Å². The second kappa shape index (κ2) is 3.36. The summed E-state index contributed by atoms with van der Waals surface area (Å²) in [6.07, 6.45) is 3.99. The smallest absolute Gasteiger partial charge is 0.138 e. The van der Waals surface area contributed by atoms with Gasteiger partial charge in [0.05, 0.1) is 0 Å². The van der Waals surface area contributed by atoms with Crippen molar-refractivity contribution in [2.24, 2.45) is 0 Å². The van der Waals surface area contributed by atoms with Crippen LogP contribution in [0.25, 0.3) is 21.9 Å². The fourth-order valence-corrected chi connectivity index (χ4v) is 2.81. The molecule has 84 valence electrons. The second-order valence-corrected chi connectivity index (χ2v) is 4.95. The molecule has 0 radical (unpaired) electrons. The maximum atomic E-state index is 6.04. The quantitative estimate of drug-likeness (QED) is 0.573. The van der Waals surface area contributed by atoms with Crippen LogP contribution >= 0.6 is 0 Å². The van der Waals surface area contributed by atoms with Gasteiger partial charge in [0, 0.05) is 10.8 Å². The van der Waals surface area contributed by atoms with Crippen LogP contribution in [0.4, 0.5) is 0 Å². The Kier molecular flexibility index (Phi) is 1.84. The maximum absolute atomic E-state index is 6.04. The minimum Gasteiger partial charge on any atom is -0.456 e. The summed E-state index contributed by atoms with van der Waals surface area (Å²) in [6.45, 7) is 0. The van der Waals surface area contributed by atoms with Crippen LogP contribution < -0.4 is 0 Å². The Morgan fingerprint density at radius 3 is 2.53 bits per heavy atom. The van der Waals surface area contributed by atoms with Gasteiger partial charge in [-0.05, 0) is 30.4 Å². The van der Waals surface area contributed by atoms with Crippen molar-refractivity contribution >= 4 is 21.9 Å². The molecule has 1 heteroatoms. The molecule has 0 N–H and O–H groups in total. The highest BCUT2D eigenvalue weighted by Gasteiger charge is 2.23. The Balaban J connectivity index is 2.08. The highest BCUT2D eigenvalue weighted by Crippen LogP contribution is 2.41. The Morgan fingerprint density at radius 2 is 1.71 bits per heavy atom. The number of hydrogen-bond acceptors (Lipinski definition) is 1. The van der Waals surface area contributed by atoms with E-state index in [1.807, 2.05) is 6.07 Å². The predicted molar refractivity (Wildman–Crippen MR) is 70.3 cm³/mol. The van der Waals surface area contributed by atoms with E-state index in [2.05, 4.69) is 36.4 Å². The molecule has 1 heterocycles. The van der Waals surface area contributed by atoms with Crippen LogP contribution in [0.15, 0.2) is 46.9 Å². The molecule has 0 unspecified atom stereocenters. The lowest BCUT2D eigenvalue weighted by Crippen LogP contribution is -2.08. The lowest BCUT2D eigenvalue weighted by Gasteiger charge is -2.25. The number of benzene rings is 2. The van der Waals surface area contributed by atoms with Gasteiger partial charge in [-0.2, -0.15) is 0 Å². The van der Waals surface area contributed by atoms with E-state index in [-0.39, 0.29) is 0 Å². The third-order valence-corrected chi connectivity index (χ3v) is 3.98. The van der Waals surface area contributed by atoms with Crippen LogP contribution in [0, 0.1) is 0 Å². The van der Waals surface area contributed by atoms with Crippen LogP contribution in [0.5, 0.6) is 0 Å². The van der Waals surface area contributed by atoms with Crippen molar-refractivity contribution in [3.05, 3.63) is 48.0 Å². The Morgan fingerprint density at radius 1 is 0.882 bits per heavy atom. The first kappa shape index (κ1) is 9.29. The van der Waals surface area contributed by atoms with Crippen LogP contribution in [-0.2, 0) is 0 Å². The molecular formula is C16H14O. The number of hydrogen-bond donors (Lipinski definition) is 0. The van der Waals surface area contributed by atoms with E-state index in [0.29, 0.717) is 0 Å². The molecule has 0 atom stereocenters. The molecule has 0 aliphatic heterocycles. The van der Waals surface area contributed by atoms with E-state index < -0.39 is 0 Å². The molecule has 1 aliphatic rings. The van der Waals surface area contributed by atoms with Gasteiger partial charge in [0.2, 0.25) is 0 Å². The zero-order chi connectivity index (χ0) is 11.2. The predicted octanol–water partition coefficient (Wildman–Crippen LogP) is 4.85. The largest absolute Gasteiger partial charge is 0.456 e. The molecule has 1 aliphatic carbocycles. The highest BCUT2D eigenvalue weighted by atomic mass is 16.3. The lowest BCUT2D eigenvalue weighted by molar-refractivity contribution is 0.418. The van der Waals surface area contributed by atoms with Crippen molar-refractivity contribution < 1.29 is 4.42 Å². The summed E-state index contributed by atoms with van der Waals surface area (Å²) in [7, 11) is 0. The minimum atomic E-state index is 0.722. The van der Waals surface area contributed by atoms with Crippen LogP contribution in [0.1, 0.15) is 30.7 Å². The number of para-hydroxylation sites is 2. The SMILES string of the molecule is c1ccc2c(c1)oc1c(C3CCC3)cccc12. The van der Waals surface area contributed by atoms with E-state index in [9.17, 15) is 0 Å². The molecule has 2 aromatic carbocycles. The van der Waals surface area contributed by atoms with Crippen molar-refractivity contribution in [2.45, 2.75) is 25.2 Å². The summed E-state index contributed by atoms with van der Waals surface area (Å²) in [4.78, 5) is 0. The normalized spacial score (nSPS) is 16.5. The van der Waals surface area contributed by atoms with Crippen molar-refractivity contribution in [3.63, 3.8) is 0 Å². The molecule has 1 saturated carbocycles. The van der Waals surface area contributed by atoms with Gasteiger partial charge < -0.3 is 4.42 Å². The maximum Gasteiger partial charge on any atom is 0.138 e. The molecule has 0 spiro atoms. The average Bonchev–Trinajstić information content (AvgIpc) is 2.67. The summed E-state index contributed by atoms with van der Waals surface area (Å²) in [5, 5.41) is 2.51. The topological polar surface area (TPSA) is 13.1 Å². The number of fused-ring (bicyclic) bond motifs is 3. The molecule has 0 saturated heterocycles. The van der Waals surface area contributed by atoms with Gasteiger partial charge in [0.15, 0.2) is 0 Å². The third kappa shape index (κ3) is 1.25. The molecule has 1 nitrogen and oxygen atoms in total. The zero-order valence-electron chi connectivity index (χ0n) is 9.65. The first-order valence-corrected chi connectivity index (χ1v) is 6.33. The summed E-state index contributed by atoms with van der Waals surface area (Å²) < 4.78 is 6.04. The zero-order valence-corrected chi connectivity index (χ0v) is 9.65. The van der Waals surface area contributed by atoms with E-state index in [1.54, 1.807) is 0 Å². The Bertz CT molecular complexity index is 689. The van der Waals surface area contributed by atoms with Gasteiger partial charge >= 0.3 is 0 Å². The van der Waals surface area contributed by atoms with Crippen molar-refractivity contribution in [1.29, 1.82) is 0 Å². The molecular weight excluding hydrogens is 208 g/mol. The minimum absolute atomic E-state index is 0.722. The van der Waals surface area contributed by atoms with Crippen molar-refractivity contribution in [2.75, 3.05) is 0 Å². The van der Waals surface area contributed by atoms with Crippen LogP contribution in [-0.4, -0.2) is 0 Å². The lowest BCUT2D eigenvalue weighted by atomic mass is 9.79. The molecule has 0 bridgehead atoms. The summed E-state index contributed by atoms with van der Waals surface area (Å²) in [6, 6.07) is 14.9. The molecule has 0 amide bonds. The van der Waals surface area contributed by atoms with E-state index in [1.165, 1.54) is 35.6 Å². The third-order valence-electron chi connectivity index (χ3n) is 3.98. The standard InChI is InChI=1S/C16H14O/c1-2-10-15-13(7-1)14-9-4-8-12(16(14)17-15)11-5-3-6-11/h1-2,4,7-11H,3,5-6H2. The van der Waals surface area contributed by atoms with Gasteiger partial charge in [0.25, 0.3) is 0 Å². The Labute approximate surface area is 100 Å². The molecule has 17 heavy (non-hydrogen) atoms. The molecule has 1 fully saturated rings. The highest BCUT2D eigenvalue weighted by molar-refractivity contribution is 6.05. The first-order valence-electron chi connectivity index (χ1n) is 6.33. The fourth-order valence-electron chi connectivity index (χ4n) is 2.81. The van der Waals surface area contributed by atoms with Crippen molar-refractivity contribution in [3.8, 4) is 0 Å². The van der Waals surface area contributed by atoms with Crippen LogP contribution in [0.2, 0.25) is 0 Å². The van der Waals surface area contributed by atoms with Gasteiger partial charge in [-0.3, -0.25) is 0 Å². The van der Waals surface area contributed by atoms with E-state index >= 15 is 0 Å². The van der Waals surface area contributed by atoms with E-state index in [0.717, 1.165) is 17.1 Å². The number of furan rings is 1. The first-order chi connectivity index (χ1) is 8.43. The molecule has 4 rings (SSSR count). The second-order valence-electron chi connectivity index (χ2n) is 4.95. The molecule has 1 aromatic heterocycles. The van der Waals surface area contributed by atoms with E-state index in [4.69, 9.17) is 4.42 Å². The number of rotatable bonds is 1. The van der Waals surface area contributed by atoms with Gasteiger partial charge in [0.1, 0.15) is 11.2 Å². The summed E-state index contributed by atoms with van der Waals surface area (Å²) in [5.74, 6) is 0.722. The van der Waals surface area contributed by atoms with Gasteiger partial charge in [-0.1, -0.05) is 42.8 Å². The average molecular weight is 222 g/mol. The fraction of sp³-hybridized carbons (Fsp3) is 0.250. The Hall–Kier alpha value is -1.76.